The Hall–Kier alpha value is -2.93. The number of amides is 2. The molecule has 2 aromatic rings. The van der Waals surface area contributed by atoms with Crippen LogP contribution in [-0.2, 0) is 16.1 Å². The lowest BCUT2D eigenvalue weighted by molar-refractivity contribution is -0.140. The number of halogens is 1. The lowest BCUT2D eigenvalue weighted by atomic mass is 10.0. The van der Waals surface area contributed by atoms with Crippen LogP contribution in [0.4, 0.5) is 0 Å². The van der Waals surface area contributed by atoms with E-state index in [0.29, 0.717) is 17.1 Å². The molecular formula is C22H25ClN2O5. The summed E-state index contributed by atoms with van der Waals surface area (Å²) in [5, 5.41) is 12.6. The molecule has 2 aromatic carbocycles. The van der Waals surface area contributed by atoms with Crippen LogP contribution in [0.5, 0.6) is 17.2 Å². The van der Waals surface area contributed by atoms with E-state index < -0.39 is 17.5 Å². The van der Waals surface area contributed by atoms with E-state index in [1.807, 2.05) is 26.8 Å². The number of fused-ring (bicyclic) bond motifs is 1. The largest absolute Gasteiger partial charge is 0.508 e. The number of benzene rings is 2. The van der Waals surface area contributed by atoms with Crippen LogP contribution in [0.2, 0.25) is 0 Å². The normalized spacial score (nSPS) is 13.6. The predicted octanol–water partition coefficient (Wildman–Crippen LogP) is 3.34. The van der Waals surface area contributed by atoms with Crippen molar-refractivity contribution in [3.63, 3.8) is 0 Å². The predicted molar refractivity (Wildman–Crippen MR) is 113 cm³/mol. The molecule has 1 aliphatic heterocycles. The van der Waals surface area contributed by atoms with Gasteiger partial charge < -0.3 is 24.8 Å². The minimum atomic E-state index is -0.929. The minimum Gasteiger partial charge on any atom is -0.508 e. The highest BCUT2D eigenvalue weighted by atomic mass is 35.5. The van der Waals surface area contributed by atoms with Crippen molar-refractivity contribution in [3.8, 4) is 17.2 Å². The number of carbonyl (C=O) groups excluding carboxylic acids is 2. The molecule has 0 fully saturated rings. The second kappa shape index (κ2) is 8.83. The van der Waals surface area contributed by atoms with E-state index in [0.717, 1.165) is 5.56 Å². The Morgan fingerprint density at radius 2 is 1.80 bits per heavy atom. The van der Waals surface area contributed by atoms with E-state index in [-0.39, 0.29) is 30.9 Å². The fourth-order valence-corrected chi connectivity index (χ4v) is 3.36. The van der Waals surface area contributed by atoms with Gasteiger partial charge in [-0.05, 0) is 56.2 Å². The SMILES string of the molecule is CC(C)(C)NC(=O)C(c1ccc(O)cc1)N(Cc1ccc2c(c1)OCO2)C(=O)CCl. The fourth-order valence-electron chi connectivity index (χ4n) is 3.20. The molecule has 0 radical (unpaired) electrons. The number of hydrogen-bond donors (Lipinski definition) is 2. The van der Waals surface area contributed by atoms with Crippen LogP contribution in [0.1, 0.15) is 37.9 Å². The minimum absolute atomic E-state index is 0.0692. The zero-order chi connectivity index (χ0) is 21.9. The molecule has 2 N–H and O–H groups in total. The van der Waals surface area contributed by atoms with Crippen molar-refractivity contribution < 1.29 is 24.2 Å². The zero-order valence-corrected chi connectivity index (χ0v) is 17.9. The summed E-state index contributed by atoms with van der Waals surface area (Å²) in [6, 6.07) is 10.7. The number of phenols is 1. The standard InChI is InChI=1S/C22H25ClN2O5/c1-22(2,3)24-21(28)20(15-5-7-16(26)8-6-15)25(19(27)11-23)12-14-4-9-17-18(10-14)30-13-29-17/h4-10,20,26H,11-13H2,1-3H3,(H,24,28). The molecule has 0 saturated carbocycles. The van der Waals surface area contributed by atoms with E-state index in [1.165, 1.54) is 17.0 Å². The summed E-state index contributed by atoms with van der Waals surface area (Å²) in [6.45, 7) is 5.89. The van der Waals surface area contributed by atoms with Gasteiger partial charge in [0.05, 0.1) is 0 Å². The Labute approximate surface area is 180 Å². The van der Waals surface area contributed by atoms with E-state index in [4.69, 9.17) is 21.1 Å². The third-order valence-electron chi connectivity index (χ3n) is 4.49. The molecule has 160 valence electrons. The smallest absolute Gasteiger partial charge is 0.247 e. The molecule has 2 amide bonds. The highest BCUT2D eigenvalue weighted by molar-refractivity contribution is 6.27. The molecule has 0 saturated heterocycles. The van der Waals surface area contributed by atoms with Gasteiger partial charge in [0.15, 0.2) is 11.5 Å². The number of alkyl halides is 1. The Morgan fingerprint density at radius 3 is 2.43 bits per heavy atom. The van der Waals surface area contributed by atoms with Crippen LogP contribution in [0.25, 0.3) is 0 Å². The number of rotatable bonds is 6. The van der Waals surface area contributed by atoms with E-state index in [2.05, 4.69) is 5.32 Å². The van der Waals surface area contributed by atoms with E-state index in [1.54, 1.807) is 24.3 Å². The molecule has 30 heavy (non-hydrogen) atoms. The summed E-state index contributed by atoms with van der Waals surface area (Å²) in [5.74, 6) is 0.284. The number of carbonyl (C=O) groups is 2. The first kappa shape index (κ1) is 21.8. The van der Waals surface area contributed by atoms with Crippen LogP contribution in [0.3, 0.4) is 0 Å². The first-order valence-electron chi connectivity index (χ1n) is 9.53. The van der Waals surface area contributed by atoms with Gasteiger partial charge in [0.25, 0.3) is 0 Å². The Balaban J connectivity index is 1.99. The van der Waals surface area contributed by atoms with Gasteiger partial charge in [-0.25, -0.2) is 0 Å². The first-order valence-corrected chi connectivity index (χ1v) is 10.1. The maximum Gasteiger partial charge on any atom is 0.247 e. The summed E-state index contributed by atoms with van der Waals surface area (Å²) >= 11 is 5.89. The molecule has 0 spiro atoms. The molecule has 1 heterocycles. The Morgan fingerprint density at radius 1 is 1.13 bits per heavy atom. The summed E-state index contributed by atoms with van der Waals surface area (Å²) in [4.78, 5) is 27.5. The van der Waals surface area contributed by atoms with Gasteiger partial charge in [0.2, 0.25) is 18.6 Å². The maximum absolute atomic E-state index is 13.2. The number of phenolic OH excluding ortho intramolecular Hbond substituents is 1. The van der Waals surface area contributed by atoms with Gasteiger partial charge in [-0.15, -0.1) is 11.6 Å². The Bertz CT molecular complexity index is 924. The first-order chi connectivity index (χ1) is 14.2. The van der Waals surface area contributed by atoms with Crippen LogP contribution in [-0.4, -0.2) is 40.0 Å². The summed E-state index contributed by atoms with van der Waals surface area (Å²) in [5.41, 5.74) is 0.833. The summed E-state index contributed by atoms with van der Waals surface area (Å²) in [7, 11) is 0. The van der Waals surface area contributed by atoms with Crippen molar-refractivity contribution in [1.82, 2.24) is 10.2 Å². The number of hydrogen-bond acceptors (Lipinski definition) is 5. The van der Waals surface area contributed by atoms with Crippen molar-refractivity contribution in [1.29, 1.82) is 0 Å². The molecule has 1 atom stereocenters. The molecule has 1 aliphatic rings. The quantitative estimate of drug-likeness (QED) is 0.683. The van der Waals surface area contributed by atoms with Gasteiger partial charge in [-0.1, -0.05) is 18.2 Å². The third-order valence-corrected chi connectivity index (χ3v) is 4.72. The number of aromatic hydroxyl groups is 1. The molecule has 8 heteroatoms. The van der Waals surface area contributed by atoms with E-state index >= 15 is 0 Å². The molecule has 7 nitrogen and oxygen atoms in total. The van der Waals surface area contributed by atoms with Crippen LogP contribution >= 0.6 is 11.6 Å². The maximum atomic E-state index is 13.2. The summed E-state index contributed by atoms with van der Waals surface area (Å²) in [6.07, 6.45) is 0. The molecule has 0 aliphatic carbocycles. The lowest BCUT2D eigenvalue weighted by Gasteiger charge is -2.33. The lowest BCUT2D eigenvalue weighted by Crippen LogP contribution is -2.49. The average molecular weight is 433 g/mol. The van der Waals surface area contributed by atoms with Gasteiger partial charge in [-0.3, -0.25) is 9.59 Å². The fraction of sp³-hybridized carbons (Fsp3) is 0.364. The van der Waals surface area contributed by atoms with Gasteiger partial charge in [-0.2, -0.15) is 0 Å². The van der Waals surface area contributed by atoms with E-state index in [9.17, 15) is 14.7 Å². The van der Waals surface area contributed by atoms with Crippen molar-refractivity contribution in [2.24, 2.45) is 0 Å². The van der Waals surface area contributed by atoms with Crippen LogP contribution in [0, 0.1) is 0 Å². The van der Waals surface area contributed by atoms with Crippen molar-refractivity contribution >= 4 is 23.4 Å². The van der Waals surface area contributed by atoms with Crippen molar-refractivity contribution in [3.05, 3.63) is 53.6 Å². The molecule has 3 rings (SSSR count). The molecule has 0 aromatic heterocycles. The second-order valence-electron chi connectivity index (χ2n) is 8.08. The monoisotopic (exact) mass is 432 g/mol. The zero-order valence-electron chi connectivity index (χ0n) is 17.1. The number of nitrogens with zero attached hydrogens (tertiary/aromatic N) is 1. The average Bonchev–Trinajstić information content (AvgIpc) is 3.14. The third kappa shape index (κ3) is 5.16. The number of ether oxygens (including phenoxy) is 2. The highest BCUT2D eigenvalue weighted by Crippen LogP contribution is 2.34. The highest BCUT2D eigenvalue weighted by Gasteiger charge is 2.33. The molecule has 1 unspecified atom stereocenters. The van der Waals surface area contributed by atoms with Gasteiger partial charge in [0, 0.05) is 12.1 Å². The van der Waals surface area contributed by atoms with Crippen molar-refractivity contribution in [2.75, 3.05) is 12.7 Å². The van der Waals surface area contributed by atoms with Crippen molar-refractivity contribution in [2.45, 2.75) is 38.9 Å². The van der Waals surface area contributed by atoms with Crippen LogP contribution < -0.4 is 14.8 Å². The molecular weight excluding hydrogens is 408 g/mol. The Kier molecular flexibility index (Phi) is 6.41. The summed E-state index contributed by atoms with van der Waals surface area (Å²) < 4.78 is 10.8. The van der Waals surface area contributed by atoms with Gasteiger partial charge in [0.1, 0.15) is 17.7 Å². The molecule has 0 bridgehead atoms. The topological polar surface area (TPSA) is 88.1 Å². The second-order valence-corrected chi connectivity index (χ2v) is 8.34. The number of nitrogens with one attached hydrogen (secondary N) is 1. The van der Waals surface area contributed by atoms with Gasteiger partial charge >= 0.3 is 0 Å². The van der Waals surface area contributed by atoms with Crippen LogP contribution in [0.15, 0.2) is 42.5 Å².